The molecule has 182 valence electrons. The van der Waals surface area contributed by atoms with Gasteiger partial charge < -0.3 is 24.8 Å². The minimum absolute atomic E-state index is 0.0501. The average molecular weight is 481 g/mol. The third-order valence-corrected chi connectivity index (χ3v) is 7.46. The summed E-state index contributed by atoms with van der Waals surface area (Å²) in [6.45, 7) is 9.06. The third kappa shape index (κ3) is 5.83. The van der Waals surface area contributed by atoms with Crippen molar-refractivity contribution in [3.63, 3.8) is 0 Å². The van der Waals surface area contributed by atoms with Crippen LogP contribution in [0.4, 0.5) is 10.5 Å². The zero-order valence-corrected chi connectivity index (χ0v) is 21.5. The Balaban J connectivity index is 1.61. The molecule has 0 radical (unpaired) electrons. The lowest BCUT2D eigenvalue weighted by Gasteiger charge is -2.26. The standard InChI is InChI=1S/C27H36N4O2S/c1-5-33-21-11-9-20(10-12-21)28-27(32)29-23(13-8-19(2)3)25-22-14-17-30(4)18-24(22)34-26(25)31-15-6-7-16-31/h6-7,9-12,15-16,19,23H,5,8,13-14,17-18H2,1-4H3,(H2,28,29,32). The second-order valence-corrected chi connectivity index (χ2v) is 10.5. The molecule has 1 aliphatic heterocycles. The number of hydrogen-bond donors (Lipinski definition) is 2. The van der Waals surface area contributed by atoms with Crippen molar-refractivity contribution >= 4 is 23.1 Å². The number of nitrogens with zero attached hydrogens (tertiary/aromatic N) is 2. The van der Waals surface area contributed by atoms with Crippen LogP contribution in [0, 0.1) is 5.92 Å². The van der Waals surface area contributed by atoms with Gasteiger partial charge in [-0.2, -0.15) is 0 Å². The molecule has 6 nitrogen and oxygen atoms in total. The van der Waals surface area contributed by atoms with Gasteiger partial charge in [0.1, 0.15) is 10.8 Å². The van der Waals surface area contributed by atoms with Gasteiger partial charge in [-0.15, -0.1) is 11.3 Å². The fourth-order valence-electron chi connectivity index (χ4n) is 4.48. The first-order valence-electron chi connectivity index (χ1n) is 12.2. The summed E-state index contributed by atoms with van der Waals surface area (Å²) in [7, 11) is 2.18. The number of hydrogen-bond acceptors (Lipinski definition) is 4. The van der Waals surface area contributed by atoms with Gasteiger partial charge in [-0.25, -0.2) is 4.79 Å². The molecule has 1 aromatic carbocycles. The van der Waals surface area contributed by atoms with E-state index in [9.17, 15) is 4.79 Å². The van der Waals surface area contributed by atoms with Gasteiger partial charge in [0.15, 0.2) is 0 Å². The lowest BCUT2D eigenvalue weighted by atomic mass is 9.92. The lowest BCUT2D eigenvalue weighted by molar-refractivity contribution is 0.247. The third-order valence-electron chi connectivity index (χ3n) is 6.22. The normalized spacial score (nSPS) is 14.6. The van der Waals surface area contributed by atoms with Crippen LogP contribution in [0.5, 0.6) is 5.75 Å². The van der Waals surface area contributed by atoms with Crippen LogP contribution in [0.25, 0.3) is 5.00 Å². The molecule has 2 aromatic heterocycles. The molecule has 1 atom stereocenters. The fraction of sp³-hybridized carbons (Fsp3) is 0.444. The molecule has 3 aromatic rings. The van der Waals surface area contributed by atoms with Gasteiger partial charge in [0, 0.05) is 41.6 Å². The zero-order valence-electron chi connectivity index (χ0n) is 20.6. The van der Waals surface area contributed by atoms with Gasteiger partial charge in [-0.1, -0.05) is 13.8 Å². The molecule has 0 fully saturated rings. The molecule has 2 amide bonds. The Kier molecular flexibility index (Phi) is 7.95. The lowest BCUT2D eigenvalue weighted by Crippen LogP contribution is -2.34. The molecular weight excluding hydrogens is 444 g/mol. The molecule has 1 aliphatic rings. The first-order valence-corrected chi connectivity index (χ1v) is 13.0. The molecule has 0 spiro atoms. The smallest absolute Gasteiger partial charge is 0.319 e. The number of thiophene rings is 1. The van der Waals surface area contributed by atoms with Crippen molar-refractivity contribution in [1.29, 1.82) is 0 Å². The Bertz CT molecular complexity index is 1070. The van der Waals surface area contributed by atoms with Crippen LogP contribution in [0.2, 0.25) is 0 Å². The van der Waals surface area contributed by atoms with E-state index < -0.39 is 0 Å². The summed E-state index contributed by atoms with van der Waals surface area (Å²) in [5.74, 6) is 1.36. The number of aromatic nitrogens is 1. The van der Waals surface area contributed by atoms with Gasteiger partial charge in [-0.05, 0) is 81.1 Å². The number of amides is 2. The van der Waals surface area contributed by atoms with E-state index in [1.54, 1.807) is 0 Å². The minimum Gasteiger partial charge on any atom is -0.494 e. The van der Waals surface area contributed by atoms with Crippen molar-refractivity contribution in [2.24, 2.45) is 5.92 Å². The number of anilines is 1. The highest BCUT2D eigenvalue weighted by Gasteiger charge is 2.29. The summed E-state index contributed by atoms with van der Waals surface area (Å²) in [5, 5.41) is 7.56. The van der Waals surface area contributed by atoms with E-state index in [0.29, 0.717) is 12.5 Å². The van der Waals surface area contributed by atoms with Gasteiger partial charge in [0.25, 0.3) is 0 Å². The van der Waals surface area contributed by atoms with Gasteiger partial charge >= 0.3 is 6.03 Å². The Morgan fingerprint density at radius 3 is 2.56 bits per heavy atom. The predicted octanol–water partition coefficient (Wildman–Crippen LogP) is 6.22. The van der Waals surface area contributed by atoms with Crippen LogP contribution in [0.15, 0.2) is 48.8 Å². The van der Waals surface area contributed by atoms with E-state index in [1.165, 1.54) is 21.0 Å². The molecule has 3 heterocycles. The molecule has 0 saturated heterocycles. The SMILES string of the molecule is CCOc1ccc(NC(=O)NC(CCC(C)C)c2c(-n3cccc3)sc3c2CCN(C)C3)cc1. The maximum atomic E-state index is 13.1. The molecule has 4 rings (SSSR count). The Labute approximate surface area is 206 Å². The summed E-state index contributed by atoms with van der Waals surface area (Å²) >= 11 is 1.86. The Morgan fingerprint density at radius 1 is 1.15 bits per heavy atom. The maximum absolute atomic E-state index is 13.1. The van der Waals surface area contributed by atoms with Crippen molar-refractivity contribution in [2.45, 2.75) is 52.6 Å². The number of nitrogens with one attached hydrogen (secondary N) is 2. The van der Waals surface area contributed by atoms with E-state index in [1.807, 2.05) is 42.5 Å². The highest BCUT2D eigenvalue weighted by Crippen LogP contribution is 2.40. The van der Waals surface area contributed by atoms with Crippen LogP contribution >= 0.6 is 11.3 Å². The number of likely N-dealkylation sites (N-methyl/N-ethyl adjacent to an activating group) is 1. The molecule has 1 unspecified atom stereocenters. The number of urea groups is 1. The first-order chi connectivity index (χ1) is 16.4. The van der Waals surface area contributed by atoms with Crippen LogP contribution in [0.3, 0.4) is 0 Å². The van der Waals surface area contributed by atoms with E-state index in [-0.39, 0.29) is 12.1 Å². The van der Waals surface area contributed by atoms with Crippen LogP contribution in [-0.4, -0.2) is 35.7 Å². The number of carbonyl (C=O) groups is 1. The fourth-order valence-corrected chi connectivity index (χ4v) is 5.93. The summed E-state index contributed by atoms with van der Waals surface area (Å²) in [6, 6.07) is 11.4. The number of fused-ring (bicyclic) bond motifs is 1. The summed E-state index contributed by atoms with van der Waals surface area (Å²) < 4.78 is 7.71. The van der Waals surface area contributed by atoms with Crippen LogP contribution in [0.1, 0.15) is 55.7 Å². The van der Waals surface area contributed by atoms with E-state index >= 15 is 0 Å². The summed E-state index contributed by atoms with van der Waals surface area (Å²) in [4.78, 5) is 16.9. The highest BCUT2D eigenvalue weighted by molar-refractivity contribution is 7.15. The van der Waals surface area contributed by atoms with Crippen molar-refractivity contribution in [1.82, 2.24) is 14.8 Å². The number of rotatable bonds is 9. The van der Waals surface area contributed by atoms with E-state index in [4.69, 9.17) is 4.74 Å². The summed E-state index contributed by atoms with van der Waals surface area (Å²) in [6.07, 6.45) is 7.17. The topological polar surface area (TPSA) is 58.5 Å². The van der Waals surface area contributed by atoms with Crippen molar-refractivity contribution < 1.29 is 9.53 Å². The van der Waals surface area contributed by atoms with Crippen molar-refractivity contribution in [3.05, 3.63) is 64.8 Å². The molecule has 0 aliphatic carbocycles. The predicted molar refractivity (Wildman–Crippen MR) is 140 cm³/mol. The Morgan fingerprint density at radius 2 is 1.88 bits per heavy atom. The molecular formula is C27H36N4O2S. The zero-order chi connectivity index (χ0) is 24.1. The van der Waals surface area contributed by atoms with E-state index in [2.05, 4.69) is 65.5 Å². The average Bonchev–Trinajstić information content (AvgIpc) is 3.45. The number of carbonyl (C=O) groups excluding carboxylic acids is 1. The van der Waals surface area contributed by atoms with Gasteiger partial charge in [0.2, 0.25) is 0 Å². The molecule has 2 N–H and O–H groups in total. The second kappa shape index (κ2) is 11.1. The number of benzene rings is 1. The first kappa shape index (κ1) is 24.4. The van der Waals surface area contributed by atoms with Crippen molar-refractivity contribution in [2.75, 3.05) is 25.5 Å². The van der Waals surface area contributed by atoms with Crippen LogP contribution in [-0.2, 0) is 13.0 Å². The second-order valence-electron chi connectivity index (χ2n) is 9.38. The van der Waals surface area contributed by atoms with Crippen molar-refractivity contribution in [3.8, 4) is 10.8 Å². The maximum Gasteiger partial charge on any atom is 0.319 e. The molecule has 7 heteroatoms. The molecule has 0 saturated carbocycles. The minimum atomic E-state index is -0.177. The van der Waals surface area contributed by atoms with E-state index in [0.717, 1.165) is 43.8 Å². The molecule has 0 bridgehead atoms. The van der Waals surface area contributed by atoms with Gasteiger partial charge in [-0.3, -0.25) is 0 Å². The molecule has 34 heavy (non-hydrogen) atoms. The summed E-state index contributed by atoms with van der Waals surface area (Å²) in [5.41, 5.74) is 3.46. The highest BCUT2D eigenvalue weighted by atomic mass is 32.1. The monoisotopic (exact) mass is 480 g/mol. The number of ether oxygens (including phenoxy) is 1. The van der Waals surface area contributed by atoms with Crippen LogP contribution < -0.4 is 15.4 Å². The largest absolute Gasteiger partial charge is 0.494 e. The Hall–Kier alpha value is -2.77. The van der Waals surface area contributed by atoms with Gasteiger partial charge in [0.05, 0.1) is 12.6 Å². The quantitative estimate of drug-likeness (QED) is 0.382.